The molecule has 1 saturated heterocycles. The molecular weight excluding hydrogens is 352 g/mol. The van der Waals surface area contributed by atoms with E-state index in [-0.39, 0.29) is 11.7 Å². The van der Waals surface area contributed by atoms with Crippen LogP contribution >= 0.6 is 27.7 Å². The first-order valence-electron chi connectivity index (χ1n) is 5.79. The van der Waals surface area contributed by atoms with Gasteiger partial charge in [0, 0.05) is 30.0 Å². The second-order valence-corrected chi connectivity index (χ2v) is 8.53. The molecule has 0 aliphatic carbocycles. The second-order valence-electron chi connectivity index (χ2n) is 4.07. The van der Waals surface area contributed by atoms with Gasteiger partial charge in [0.15, 0.2) is 9.84 Å². The van der Waals surface area contributed by atoms with Crippen LogP contribution in [0, 0.1) is 0 Å². The zero-order chi connectivity index (χ0) is 14.0. The minimum absolute atomic E-state index is 0.118. The first kappa shape index (κ1) is 14.9. The normalized spacial score (nSPS) is 20.5. The molecule has 0 saturated carbocycles. The van der Waals surface area contributed by atoms with Crippen molar-refractivity contribution in [2.75, 3.05) is 34.4 Å². The summed E-state index contributed by atoms with van der Waals surface area (Å²) >= 11 is 5.00. The number of anilines is 2. The Hall–Kier alpha value is -0.540. The van der Waals surface area contributed by atoms with E-state index >= 15 is 0 Å². The van der Waals surface area contributed by atoms with Crippen LogP contribution in [0.3, 0.4) is 0 Å². The maximum atomic E-state index is 12.2. The van der Waals surface area contributed by atoms with Crippen LogP contribution in [-0.4, -0.2) is 47.6 Å². The highest BCUT2D eigenvalue weighted by Crippen LogP contribution is 2.31. The summed E-state index contributed by atoms with van der Waals surface area (Å²) in [6.07, 6.45) is 1.55. The van der Waals surface area contributed by atoms with Crippen molar-refractivity contribution >= 4 is 49.3 Å². The maximum absolute atomic E-state index is 12.2. The van der Waals surface area contributed by atoms with Gasteiger partial charge in [-0.2, -0.15) is 16.7 Å². The van der Waals surface area contributed by atoms with Gasteiger partial charge in [-0.3, -0.25) is 0 Å². The van der Waals surface area contributed by atoms with Crippen LogP contribution in [0.4, 0.5) is 11.8 Å². The quantitative estimate of drug-likeness (QED) is 0.857. The van der Waals surface area contributed by atoms with Crippen molar-refractivity contribution in [2.45, 2.75) is 12.3 Å². The number of thioether (sulfide) groups is 1. The van der Waals surface area contributed by atoms with Crippen LogP contribution in [0.1, 0.15) is 6.92 Å². The second kappa shape index (κ2) is 5.84. The van der Waals surface area contributed by atoms with Gasteiger partial charge >= 0.3 is 0 Å². The predicted octanol–water partition coefficient (Wildman–Crippen LogP) is 1.14. The molecule has 1 aliphatic rings. The smallest absolute Gasteiger partial charge is 0.222 e. The Morgan fingerprint density at radius 3 is 3.05 bits per heavy atom. The molecule has 0 radical (unpaired) electrons. The summed E-state index contributed by atoms with van der Waals surface area (Å²) < 4.78 is 25.0. The summed E-state index contributed by atoms with van der Waals surface area (Å²) in [5.74, 6) is 2.23. The van der Waals surface area contributed by atoms with E-state index in [0.29, 0.717) is 22.6 Å². The van der Waals surface area contributed by atoms with Crippen molar-refractivity contribution in [3.63, 3.8) is 0 Å². The fourth-order valence-electron chi connectivity index (χ4n) is 1.89. The van der Waals surface area contributed by atoms with Crippen LogP contribution in [0.2, 0.25) is 0 Å². The van der Waals surface area contributed by atoms with Gasteiger partial charge in [0.05, 0.1) is 4.47 Å². The molecule has 2 N–H and O–H groups in total. The van der Waals surface area contributed by atoms with Crippen LogP contribution < -0.4 is 10.6 Å². The molecule has 0 spiro atoms. The highest BCUT2D eigenvalue weighted by molar-refractivity contribution is 9.10. The molecule has 6 nitrogen and oxygen atoms in total. The number of halogens is 1. The van der Waals surface area contributed by atoms with Crippen LogP contribution in [0.25, 0.3) is 0 Å². The monoisotopic (exact) mass is 366 g/mol. The number of hydrogen-bond acceptors (Lipinski definition) is 7. The van der Waals surface area contributed by atoms with Gasteiger partial charge in [0.2, 0.25) is 5.95 Å². The van der Waals surface area contributed by atoms with E-state index in [2.05, 4.69) is 25.9 Å². The summed E-state index contributed by atoms with van der Waals surface area (Å²) in [5.41, 5.74) is 5.60. The summed E-state index contributed by atoms with van der Waals surface area (Å²) in [6.45, 7) is 2.29. The third-order valence-corrected chi connectivity index (χ3v) is 6.77. The van der Waals surface area contributed by atoms with Crippen LogP contribution in [-0.2, 0) is 9.84 Å². The molecule has 19 heavy (non-hydrogen) atoms. The van der Waals surface area contributed by atoms with Crippen LogP contribution in [0.5, 0.6) is 0 Å². The minimum atomic E-state index is -3.17. The average Bonchev–Trinajstić information content (AvgIpc) is 2.41. The predicted molar refractivity (Wildman–Crippen MR) is 82.1 cm³/mol. The van der Waals surface area contributed by atoms with Crippen molar-refractivity contribution in [1.82, 2.24) is 9.97 Å². The molecule has 0 aromatic carbocycles. The summed E-state index contributed by atoms with van der Waals surface area (Å²) in [5, 5.41) is -0.554. The minimum Gasteiger partial charge on any atom is -0.368 e. The van der Waals surface area contributed by atoms with Gasteiger partial charge in [-0.1, -0.05) is 6.92 Å². The highest BCUT2D eigenvalue weighted by Gasteiger charge is 2.34. The Bertz CT molecular complexity index is 567. The van der Waals surface area contributed by atoms with E-state index < -0.39 is 15.2 Å². The van der Waals surface area contributed by atoms with Crippen molar-refractivity contribution in [3.05, 3.63) is 10.7 Å². The molecular formula is C10H15BrN4O2S2. The zero-order valence-electron chi connectivity index (χ0n) is 10.4. The van der Waals surface area contributed by atoms with Gasteiger partial charge in [-0.25, -0.2) is 13.4 Å². The lowest BCUT2D eigenvalue weighted by molar-refractivity contribution is 0.578. The third kappa shape index (κ3) is 3.14. The number of hydrogen-bond donors (Lipinski definition) is 1. The average molecular weight is 367 g/mol. The van der Waals surface area contributed by atoms with E-state index in [1.807, 2.05) is 0 Å². The van der Waals surface area contributed by atoms with Crippen molar-refractivity contribution in [2.24, 2.45) is 0 Å². The largest absolute Gasteiger partial charge is 0.368 e. The standard InChI is InChI=1S/C10H15BrN4O2S2/c1-2-19(16,17)8-6-18-4-3-15(8)9-7(11)5-13-10(12)14-9/h5,8H,2-4,6H2,1H3,(H2,12,13,14). The van der Waals surface area contributed by atoms with E-state index in [1.165, 1.54) is 0 Å². The number of nitrogens with two attached hydrogens (primary N) is 1. The molecule has 2 heterocycles. The van der Waals surface area contributed by atoms with E-state index in [4.69, 9.17) is 5.73 Å². The molecule has 0 bridgehead atoms. The number of nitrogens with zero attached hydrogens (tertiary/aromatic N) is 3. The molecule has 1 aliphatic heterocycles. The molecule has 1 unspecified atom stereocenters. The number of rotatable bonds is 3. The van der Waals surface area contributed by atoms with Gasteiger partial charge < -0.3 is 10.6 Å². The molecule has 1 fully saturated rings. The molecule has 9 heteroatoms. The lowest BCUT2D eigenvalue weighted by Gasteiger charge is -2.35. The lowest BCUT2D eigenvalue weighted by Crippen LogP contribution is -2.48. The lowest BCUT2D eigenvalue weighted by atomic mass is 10.4. The van der Waals surface area contributed by atoms with Crippen molar-refractivity contribution < 1.29 is 8.42 Å². The molecule has 1 aromatic heterocycles. The maximum Gasteiger partial charge on any atom is 0.222 e. The molecule has 1 aromatic rings. The number of aromatic nitrogens is 2. The van der Waals surface area contributed by atoms with Crippen LogP contribution in [0.15, 0.2) is 10.7 Å². The van der Waals surface area contributed by atoms with Gasteiger partial charge in [0.25, 0.3) is 0 Å². The summed E-state index contributed by atoms with van der Waals surface area (Å²) in [6, 6.07) is 0. The SMILES string of the molecule is CCS(=O)(=O)C1CSCCN1c1nc(N)ncc1Br. The van der Waals surface area contributed by atoms with E-state index in [1.54, 1.807) is 29.8 Å². The Labute approximate surface area is 125 Å². The topological polar surface area (TPSA) is 89.2 Å². The fourth-order valence-corrected chi connectivity index (χ4v) is 5.27. The van der Waals surface area contributed by atoms with E-state index in [9.17, 15) is 8.42 Å². The highest BCUT2D eigenvalue weighted by atomic mass is 79.9. The Morgan fingerprint density at radius 2 is 2.37 bits per heavy atom. The first-order chi connectivity index (χ1) is 8.95. The Morgan fingerprint density at radius 1 is 1.63 bits per heavy atom. The molecule has 0 amide bonds. The van der Waals surface area contributed by atoms with Gasteiger partial charge in [-0.05, 0) is 15.9 Å². The fraction of sp³-hybridized carbons (Fsp3) is 0.600. The molecule has 1 atom stereocenters. The Balaban J connectivity index is 2.42. The number of sulfone groups is 1. The summed E-state index contributed by atoms with van der Waals surface area (Å²) in [4.78, 5) is 9.85. The van der Waals surface area contributed by atoms with Gasteiger partial charge in [-0.15, -0.1) is 0 Å². The van der Waals surface area contributed by atoms with Crippen molar-refractivity contribution in [1.29, 1.82) is 0 Å². The molecule has 106 valence electrons. The third-order valence-electron chi connectivity index (χ3n) is 2.92. The zero-order valence-corrected chi connectivity index (χ0v) is 13.6. The number of nitrogen functional groups attached to an aromatic ring is 1. The van der Waals surface area contributed by atoms with E-state index in [0.717, 1.165) is 5.75 Å². The Kier molecular flexibility index (Phi) is 4.57. The van der Waals surface area contributed by atoms with Gasteiger partial charge in [0.1, 0.15) is 11.2 Å². The van der Waals surface area contributed by atoms with Crippen molar-refractivity contribution in [3.8, 4) is 0 Å². The summed E-state index contributed by atoms with van der Waals surface area (Å²) in [7, 11) is -3.17. The first-order valence-corrected chi connectivity index (χ1v) is 9.46. The molecule has 2 rings (SSSR count).